The van der Waals surface area contributed by atoms with Crippen LogP contribution >= 0.6 is 0 Å². The fraction of sp³-hybridized carbons (Fsp3) is 0.200. The highest BCUT2D eigenvalue weighted by Crippen LogP contribution is 2.37. The van der Waals surface area contributed by atoms with Crippen LogP contribution in [-0.2, 0) is 4.79 Å². The predicted molar refractivity (Wildman–Crippen MR) is 49.3 cm³/mol. The molecule has 1 aliphatic heterocycles. The number of aliphatic carboxylic acids is 1. The number of hydrogen-bond acceptors (Lipinski definition) is 4. The summed E-state index contributed by atoms with van der Waals surface area (Å²) >= 11 is 0. The summed E-state index contributed by atoms with van der Waals surface area (Å²) in [5, 5.41) is 8.65. The minimum Gasteiger partial charge on any atom is -0.475 e. The van der Waals surface area contributed by atoms with Gasteiger partial charge in [0.15, 0.2) is 11.5 Å². The molecule has 5 heteroatoms. The Morgan fingerprint density at radius 1 is 1.33 bits per heavy atom. The second-order valence-electron chi connectivity index (χ2n) is 3.13. The maximum Gasteiger partial charge on any atom is 0.377 e. The van der Waals surface area contributed by atoms with Crippen LogP contribution in [0, 0.1) is 6.92 Å². The van der Waals surface area contributed by atoms with E-state index >= 15 is 0 Å². The third-order valence-corrected chi connectivity index (χ3v) is 2.17. The topological polar surface area (TPSA) is 72.8 Å². The summed E-state index contributed by atoms with van der Waals surface area (Å²) in [6.07, 6.45) is 0. The molecule has 0 unspecified atom stereocenters. The van der Waals surface area contributed by atoms with Crippen LogP contribution in [0.1, 0.15) is 15.9 Å². The van der Waals surface area contributed by atoms with E-state index in [9.17, 15) is 9.59 Å². The quantitative estimate of drug-likeness (QED) is 0.579. The molecule has 15 heavy (non-hydrogen) atoms. The molecule has 78 valence electrons. The Bertz CT molecular complexity index is 449. The number of carbonyl (C=O) groups excluding carboxylic acids is 1. The van der Waals surface area contributed by atoms with Gasteiger partial charge in [-0.3, -0.25) is 4.79 Å². The molecule has 1 aromatic rings. The van der Waals surface area contributed by atoms with Crippen molar-refractivity contribution in [2.45, 2.75) is 6.92 Å². The van der Waals surface area contributed by atoms with Crippen LogP contribution in [0.5, 0.6) is 11.5 Å². The van der Waals surface area contributed by atoms with Crippen molar-refractivity contribution in [1.82, 2.24) is 0 Å². The number of rotatable bonds is 2. The van der Waals surface area contributed by atoms with Gasteiger partial charge in [-0.05, 0) is 18.6 Å². The van der Waals surface area contributed by atoms with Crippen molar-refractivity contribution >= 4 is 11.8 Å². The fourth-order valence-corrected chi connectivity index (χ4v) is 1.46. The van der Waals surface area contributed by atoms with Gasteiger partial charge in [0.05, 0.1) is 5.56 Å². The lowest BCUT2D eigenvalue weighted by Gasteiger charge is -2.05. The highest BCUT2D eigenvalue weighted by molar-refractivity contribution is 6.41. The number of ether oxygens (including phenoxy) is 2. The van der Waals surface area contributed by atoms with Crippen molar-refractivity contribution in [1.29, 1.82) is 0 Å². The van der Waals surface area contributed by atoms with E-state index in [4.69, 9.17) is 14.6 Å². The number of carbonyl (C=O) groups is 2. The zero-order valence-corrected chi connectivity index (χ0v) is 7.94. The Balaban J connectivity index is 2.60. The second kappa shape index (κ2) is 3.27. The first-order valence-corrected chi connectivity index (χ1v) is 4.28. The Morgan fingerprint density at radius 2 is 2.07 bits per heavy atom. The average molecular weight is 208 g/mol. The molecule has 0 atom stereocenters. The smallest absolute Gasteiger partial charge is 0.377 e. The van der Waals surface area contributed by atoms with Crippen LogP contribution in [0.4, 0.5) is 0 Å². The number of carboxylic acids is 1. The molecule has 0 aromatic heterocycles. The van der Waals surface area contributed by atoms with Crippen molar-refractivity contribution in [3.05, 3.63) is 23.3 Å². The Hall–Kier alpha value is -2.04. The van der Waals surface area contributed by atoms with Crippen molar-refractivity contribution in [2.75, 3.05) is 6.79 Å². The van der Waals surface area contributed by atoms with Gasteiger partial charge in [-0.1, -0.05) is 6.07 Å². The highest BCUT2D eigenvalue weighted by atomic mass is 16.7. The summed E-state index contributed by atoms with van der Waals surface area (Å²) in [6, 6.07) is 3.28. The summed E-state index contributed by atoms with van der Waals surface area (Å²) in [4.78, 5) is 22.0. The summed E-state index contributed by atoms with van der Waals surface area (Å²) < 4.78 is 10.1. The third kappa shape index (κ3) is 1.41. The maximum atomic E-state index is 11.4. The first-order chi connectivity index (χ1) is 7.11. The molecule has 1 heterocycles. The first-order valence-electron chi connectivity index (χ1n) is 4.28. The molecule has 2 rings (SSSR count). The Labute approximate surface area is 85.2 Å². The third-order valence-electron chi connectivity index (χ3n) is 2.17. The van der Waals surface area contributed by atoms with E-state index in [1.807, 2.05) is 0 Å². The molecule has 0 bridgehead atoms. The van der Waals surface area contributed by atoms with Crippen LogP contribution in [0.3, 0.4) is 0 Å². The van der Waals surface area contributed by atoms with E-state index in [1.54, 1.807) is 19.1 Å². The van der Waals surface area contributed by atoms with Gasteiger partial charge in [0.25, 0.3) is 5.78 Å². The molecule has 1 aromatic carbocycles. The minimum absolute atomic E-state index is 0.0126. The van der Waals surface area contributed by atoms with E-state index < -0.39 is 11.8 Å². The molecular weight excluding hydrogens is 200 g/mol. The molecule has 0 aliphatic carbocycles. The SMILES string of the molecule is Cc1ccc2c(c1C(=O)C(=O)O)OCO2. The van der Waals surface area contributed by atoms with Gasteiger partial charge in [0.2, 0.25) is 6.79 Å². The second-order valence-corrected chi connectivity index (χ2v) is 3.13. The number of aryl methyl sites for hydroxylation is 1. The van der Waals surface area contributed by atoms with Gasteiger partial charge in [-0.25, -0.2) is 4.79 Å². The predicted octanol–water partition coefficient (Wildman–Crippen LogP) is 0.991. The lowest BCUT2D eigenvalue weighted by atomic mass is 10.0. The van der Waals surface area contributed by atoms with Crippen molar-refractivity contribution in [2.24, 2.45) is 0 Å². The number of ketones is 1. The van der Waals surface area contributed by atoms with Crippen LogP contribution < -0.4 is 9.47 Å². The van der Waals surface area contributed by atoms with Gasteiger partial charge in [0.1, 0.15) is 0 Å². The van der Waals surface area contributed by atoms with Crippen molar-refractivity contribution in [3.8, 4) is 11.5 Å². The maximum absolute atomic E-state index is 11.4. The number of carboxylic acid groups (broad SMARTS) is 1. The summed E-state index contributed by atoms with van der Waals surface area (Å²) in [5.41, 5.74) is 0.629. The van der Waals surface area contributed by atoms with Crippen molar-refractivity contribution < 1.29 is 24.2 Å². The van der Waals surface area contributed by atoms with E-state index in [0.29, 0.717) is 11.3 Å². The Morgan fingerprint density at radius 3 is 2.73 bits per heavy atom. The lowest BCUT2D eigenvalue weighted by Crippen LogP contribution is -2.14. The number of hydrogen-bond donors (Lipinski definition) is 1. The van der Waals surface area contributed by atoms with E-state index in [0.717, 1.165) is 0 Å². The van der Waals surface area contributed by atoms with Gasteiger partial charge < -0.3 is 14.6 Å². The molecule has 0 saturated heterocycles. The van der Waals surface area contributed by atoms with E-state index in [-0.39, 0.29) is 18.1 Å². The molecule has 1 aliphatic rings. The number of Topliss-reactive ketones (excluding diaryl/α,β-unsaturated/α-hetero) is 1. The number of benzene rings is 1. The van der Waals surface area contributed by atoms with Gasteiger partial charge in [0, 0.05) is 0 Å². The van der Waals surface area contributed by atoms with Crippen LogP contribution in [0.2, 0.25) is 0 Å². The summed E-state index contributed by atoms with van der Waals surface area (Å²) in [7, 11) is 0. The molecule has 1 N–H and O–H groups in total. The molecular formula is C10H8O5. The minimum atomic E-state index is -1.50. The molecule has 0 fully saturated rings. The van der Waals surface area contributed by atoms with E-state index in [1.165, 1.54) is 0 Å². The summed E-state index contributed by atoms with van der Waals surface area (Å²) in [5.74, 6) is -1.84. The van der Waals surface area contributed by atoms with Crippen LogP contribution in [0.15, 0.2) is 12.1 Å². The highest BCUT2D eigenvalue weighted by Gasteiger charge is 2.27. The molecule has 0 amide bonds. The average Bonchev–Trinajstić information content (AvgIpc) is 2.64. The standard InChI is InChI=1S/C10H8O5/c1-5-2-3-6-9(15-4-14-6)7(5)8(11)10(12)13/h2-3H,4H2,1H3,(H,12,13). The molecule has 0 radical (unpaired) electrons. The van der Waals surface area contributed by atoms with Gasteiger partial charge in [-0.15, -0.1) is 0 Å². The largest absolute Gasteiger partial charge is 0.475 e. The zero-order valence-electron chi connectivity index (χ0n) is 7.94. The molecule has 0 spiro atoms. The summed E-state index contributed by atoms with van der Waals surface area (Å²) in [6.45, 7) is 1.66. The monoisotopic (exact) mass is 208 g/mol. The van der Waals surface area contributed by atoms with Crippen LogP contribution in [0.25, 0.3) is 0 Å². The van der Waals surface area contributed by atoms with Crippen LogP contribution in [-0.4, -0.2) is 23.7 Å². The molecule has 0 saturated carbocycles. The fourth-order valence-electron chi connectivity index (χ4n) is 1.46. The first kappa shape index (κ1) is 9.51. The Kier molecular flexibility index (Phi) is 2.07. The normalized spacial score (nSPS) is 12.6. The van der Waals surface area contributed by atoms with Gasteiger partial charge in [-0.2, -0.15) is 0 Å². The molecule has 5 nitrogen and oxygen atoms in total. The van der Waals surface area contributed by atoms with Gasteiger partial charge >= 0.3 is 5.97 Å². The van der Waals surface area contributed by atoms with Crippen molar-refractivity contribution in [3.63, 3.8) is 0 Å². The zero-order chi connectivity index (χ0) is 11.0. The lowest BCUT2D eigenvalue weighted by molar-refractivity contribution is -0.131. The number of fused-ring (bicyclic) bond motifs is 1. The van der Waals surface area contributed by atoms with E-state index in [2.05, 4.69) is 0 Å².